The normalized spacial score (nSPS) is 12.8. The van der Waals surface area contributed by atoms with Crippen LogP contribution in [0.5, 0.6) is 0 Å². The van der Waals surface area contributed by atoms with Crippen LogP contribution < -0.4 is 0 Å². The van der Waals surface area contributed by atoms with Gasteiger partial charge in [0.15, 0.2) is 0 Å². The molecule has 166 valence electrons. The summed E-state index contributed by atoms with van der Waals surface area (Å²) in [5, 5.41) is 18.8. The Morgan fingerprint density at radius 3 is 1.21 bits per heavy atom. The zero-order valence-corrected chi connectivity index (χ0v) is 17.3. The molecule has 0 radical (unpaired) electrons. The molecule has 0 unspecified atom stereocenters. The maximum Gasteiger partial charge on any atom is 0.416 e. The number of benzene rings is 2. The minimum atomic E-state index is -4.48. The lowest BCUT2D eigenvalue weighted by molar-refractivity contribution is -0.138. The number of rotatable bonds is 4. The maximum absolute atomic E-state index is 12.7. The van der Waals surface area contributed by atoms with Crippen LogP contribution in [-0.4, -0.2) is 0 Å². The molecule has 0 spiro atoms. The van der Waals surface area contributed by atoms with E-state index < -0.39 is 23.5 Å². The third-order valence-electron chi connectivity index (χ3n) is 4.51. The van der Waals surface area contributed by atoms with Crippen LogP contribution in [0.1, 0.15) is 32.0 Å². The third kappa shape index (κ3) is 5.91. The highest BCUT2D eigenvalue weighted by atomic mass is 32.1. The van der Waals surface area contributed by atoms with Crippen molar-refractivity contribution in [1.29, 1.82) is 10.5 Å². The van der Waals surface area contributed by atoms with E-state index in [1.807, 2.05) is 12.1 Å². The molecule has 0 fully saturated rings. The molecule has 0 bridgehead atoms. The molecule has 0 saturated heterocycles. The molecule has 2 aromatic carbocycles. The number of alkyl halides is 6. The fraction of sp³-hybridized carbons (Fsp3) is 0.0833. The van der Waals surface area contributed by atoms with Gasteiger partial charge in [0.05, 0.1) is 34.4 Å². The summed E-state index contributed by atoms with van der Waals surface area (Å²) in [7, 11) is 0. The Labute approximate surface area is 189 Å². The summed E-state index contributed by atoms with van der Waals surface area (Å²) in [5.41, 5.74) is -0.690. The zero-order valence-electron chi connectivity index (χ0n) is 16.5. The van der Waals surface area contributed by atoms with Gasteiger partial charge in [-0.15, -0.1) is 11.3 Å². The molecule has 1 aromatic heterocycles. The van der Waals surface area contributed by atoms with E-state index in [0.717, 1.165) is 24.3 Å². The number of nitriles is 2. The van der Waals surface area contributed by atoms with Crippen molar-refractivity contribution in [3.8, 4) is 12.1 Å². The number of thiophene rings is 1. The Kier molecular flexibility index (Phi) is 6.75. The Morgan fingerprint density at radius 1 is 0.606 bits per heavy atom. The van der Waals surface area contributed by atoms with Gasteiger partial charge in [-0.3, -0.25) is 0 Å². The van der Waals surface area contributed by atoms with Gasteiger partial charge in [-0.1, -0.05) is 24.3 Å². The molecule has 0 amide bonds. The molecule has 0 atom stereocenters. The standard InChI is InChI=1S/C24H12F6N2S/c25-23(26,27)19-5-1-15(2-6-19)17(13-31)11-21-9-10-22(33-21)12-18(14-32)16-3-7-20(8-4-16)24(28,29)30/h1-12H/b17-11+,18-12+. The second kappa shape index (κ2) is 9.35. The van der Waals surface area contributed by atoms with Crippen LogP contribution in [0.4, 0.5) is 26.3 Å². The molecule has 0 aliphatic heterocycles. The average Bonchev–Trinajstić information content (AvgIpc) is 3.22. The lowest BCUT2D eigenvalue weighted by Gasteiger charge is -2.07. The highest BCUT2D eigenvalue weighted by Crippen LogP contribution is 2.32. The summed E-state index contributed by atoms with van der Waals surface area (Å²) in [6.07, 6.45) is -5.94. The van der Waals surface area contributed by atoms with E-state index in [1.54, 1.807) is 12.1 Å². The monoisotopic (exact) mass is 474 g/mol. The van der Waals surface area contributed by atoms with Gasteiger partial charge >= 0.3 is 12.4 Å². The molecule has 3 aromatic rings. The van der Waals surface area contributed by atoms with E-state index in [9.17, 15) is 36.9 Å². The molecule has 9 heteroatoms. The predicted molar refractivity (Wildman–Crippen MR) is 114 cm³/mol. The summed E-state index contributed by atoms with van der Waals surface area (Å²) in [4.78, 5) is 1.23. The zero-order chi connectivity index (χ0) is 24.2. The van der Waals surface area contributed by atoms with E-state index in [4.69, 9.17) is 0 Å². The van der Waals surface area contributed by atoms with Crippen LogP contribution in [0, 0.1) is 22.7 Å². The van der Waals surface area contributed by atoms with Crippen molar-refractivity contribution in [2.75, 3.05) is 0 Å². The van der Waals surface area contributed by atoms with Crippen molar-refractivity contribution in [1.82, 2.24) is 0 Å². The molecule has 3 rings (SSSR count). The lowest BCUT2D eigenvalue weighted by atomic mass is 10.0. The molecule has 0 N–H and O–H groups in total. The highest BCUT2D eigenvalue weighted by molar-refractivity contribution is 7.13. The van der Waals surface area contributed by atoms with Gasteiger partial charge < -0.3 is 0 Å². The first-order chi connectivity index (χ1) is 15.5. The smallest absolute Gasteiger partial charge is 0.192 e. The van der Waals surface area contributed by atoms with Crippen molar-refractivity contribution in [3.63, 3.8) is 0 Å². The summed E-state index contributed by atoms with van der Waals surface area (Å²) in [5.74, 6) is 0. The van der Waals surface area contributed by atoms with Crippen LogP contribution in [0.25, 0.3) is 23.3 Å². The number of nitrogens with zero attached hydrogens (tertiary/aromatic N) is 2. The molecule has 1 heterocycles. The molecule has 0 aliphatic carbocycles. The van der Waals surface area contributed by atoms with Gasteiger partial charge in [0.1, 0.15) is 0 Å². The molecular formula is C24H12F6N2S. The van der Waals surface area contributed by atoms with Gasteiger partial charge in [0.2, 0.25) is 0 Å². The Balaban J connectivity index is 1.85. The Morgan fingerprint density at radius 2 is 0.939 bits per heavy atom. The minimum Gasteiger partial charge on any atom is -0.192 e. The van der Waals surface area contributed by atoms with Gasteiger partial charge in [0, 0.05) is 9.75 Å². The average molecular weight is 474 g/mol. The SMILES string of the molecule is N#C/C(=C\c1ccc(/C=C(\C#N)c2ccc(C(F)(F)F)cc2)s1)c1ccc(C(F)(F)F)cc1. The lowest BCUT2D eigenvalue weighted by Crippen LogP contribution is -2.04. The van der Waals surface area contributed by atoms with Crippen LogP contribution in [0.3, 0.4) is 0 Å². The van der Waals surface area contributed by atoms with Crippen molar-refractivity contribution in [2.24, 2.45) is 0 Å². The van der Waals surface area contributed by atoms with Crippen molar-refractivity contribution in [2.45, 2.75) is 12.4 Å². The third-order valence-corrected chi connectivity index (χ3v) is 5.49. The van der Waals surface area contributed by atoms with E-state index in [-0.39, 0.29) is 11.1 Å². The highest BCUT2D eigenvalue weighted by Gasteiger charge is 2.30. The first-order valence-corrected chi connectivity index (χ1v) is 10.0. The molecule has 33 heavy (non-hydrogen) atoms. The topological polar surface area (TPSA) is 47.6 Å². The number of hydrogen-bond acceptors (Lipinski definition) is 3. The quantitative estimate of drug-likeness (QED) is 0.285. The fourth-order valence-corrected chi connectivity index (χ4v) is 3.74. The molecule has 0 saturated carbocycles. The largest absolute Gasteiger partial charge is 0.416 e. The van der Waals surface area contributed by atoms with Crippen LogP contribution in [0.15, 0.2) is 60.7 Å². The molecular weight excluding hydrogens is 462 g/mol. The van der Waals surface area contributed by atoms with Gasteiger partial charge in [0.25, 0.3) is 0 Å². The summed E-state index contributed by atoms with van der Waals surface area (Å²) in [6, 6.07) is 15.7. The second-order valence-electron chi connectivity index (χ2n) is 6.73. The summed E-state index contributed by atoms with van der Waals surface area (Å²) >= 11 is 1.21. The molecule has 0 aliphatic rings. The van der Waals surface area contributed by atoms with Crippen LogP contribution >= 0.6 is 11.3 Å². The van der Waals surface area contributed by atoms with Gasteiger partial charge in [-0.25, -0.2) is 0 Å². The van der Waals surface area contributed by atoms with E-state index in [1.165, 1.54) is 47.8 Å². The van der Waals surface area contributed by atoms with Crippen molar-refractivity contribution >= 4 is 34.6 Å². The summed E-state index contributed by atoms with van der Waals surface area (Å²) in [6.45, 7) is 0. The number of hydrogen-bond donors (Lipinski definition) is 0. The van der Waals surface area contributed by atoms with Gasteiger partial charge in [-0.2, -0.15) is 36.9 Å². The van der Waals surface area contributed by atoms with Crippen LogP contribution in [0.2, 0.25) is 0 Å². The number of allylic oxidation sites excluding steroid dienone is 2. The minimum absolute atomic E-state index is 0.157. The second-order valence-corrected chi connectivity index (χ2v) is 7.88. The van der Waals surface area contributed by atoms with Crippen molar-refractivity contribution < 1.29 is 26.3 Å². The molecule has 2 nitrogen and oxygen atoms in total. The first kappa shape index (κ1) is 23.8. The first-order valence-electron chi connectivity index (χ1n) is 9.20. The van der Waals surface area contributed by atoms with E-state index in [0.29, 0.717) is 20.9 Å². The Hall–Kier alpha value is -3.82. The maximum atomic E-state index is 12.7. The fourth-order valence-electron chi connectivity index (χ4n) is 2.85. The number of halogens is 6. The van der Waals surface area contributed by atoms with E-state index >= 15 is 0 Å². The van der Waals surface area contributed by atoms with Gasteiger partial charge in [-0.05, 0) is 59.7 Å². The Bertz CT molecular complexity index is 1180. The van der Waals surface area contributed by atoms with Crippen molar-refractivity contribution in [3.05, 3.63) is 92.7 Å². The summed E-state index contributed by atoms with van der Waals surface area (Å²) < 4.78 is 76.3. The predicted octanol–water partition coefficient (Wildman–Crippen LogP) is 7.91. The van der Waals surface area contributed by atoms with E-state index in [2.05, 4.69) is 0 Å². The van der Waals surface area contributed by atoms with Crippen LogP contribution in [-0.2, 0) is 12.4 Å².